The van der Waals surface area contributed by atoms with Crippen molar-refractivity contribution in [3.05, 3.63) is 66.1 Å². The van der Waals surface area contributed by atoms with Gasteiger partial charge in [-0.2, -0.15) is 0 Å². The summed E-state index contributed by atoms with van der Waals surface area (Å²) in [5.74, 6) is 1.09. The average molecular weight is 347 g/mol. The molecule has 0 bridgehead atoms. The van der Waals surface area contributed by atoms with E-state index >= 15 is 0 Å². The summed E-state index contributed by atoms with van der Waals surface area (Å²) in [6.45, 7) is 0.404. The number of para-hydroxylation sites is 2. The molecule has 3 N–H and O–H groups in total. The number of hydrogen-bond acceptors (Lipinski definition) is 4. The van der Waals surface area contributed by atoms with Crippen LogP contribution in [0.5, 0.6) is 5.75 Å². The maximum absolute atomic E-state index is 12.6. The fraction of sp³-hybridized carbons (Fsp3) is 0.105. The Bertz CT molecular complexity index is 1020. The molecule has 2 heterocycles. The van der Waals surface area contributed by atoms with Crippen LogP contribution < -0.4 is 10.1 Å². The van der Waals surface area contributed by atoms with Crippen LogP contribution in [0.4, 0.5) is 0 Å². The van der Waals surface area contributed by atoms with E-state index in [0.717, 1.165) is 22.3 Å². The molecule has 0 saturated carbocycles. The van der Waals surface area contributed by atoms with Gasteiger partial charge in [-0.1, -0.05) is 24.3 Å². The number of benzene rings is 2. The van der Waals surface area contributed by atoms with E-state index < -0.39 is 0 Å². The molecule has 130 valence electrons. The molecule has 2 aromatic carbocycles. The molecule has 4 rings (SSSR count). The lowest BCUT2D eigenvalue weighted by molar-refractivity contribution is 0.0947. The quantitative estimate of drug-likeness (QED) is 0.517. The molecule has 0 atom stereocenters. The van der Waals surface area contributed by atoms with Crippen LogP contribution in [0.2, 0.25) is 0 Å². The summed E-state index contributed by atoms with van der Waals surface area (Å²) in [5.41, 5.74) is 3.57. The van der Waals surface area contributed by atoms with Gasteiger partial charge in [0.2, 0.25) is 0 Å². The summed E-state index contributed by atoms with van der Waals surface area (Å²) < 4.78 is 5.13. The zero-order valence-corrected chi connectivity index (χ0v) is 14.1. The molecule has 0 saturated heterocycles. The number of amides is 1. The summed E-state index contributed by atoms with van der Waals surface area (Å²) in [6.07, 6.45) is 1.49. The van der Waals surface area contributed by atoms with Crippen molar-refractivity contribution in [2.24, 2.45) is 0 Å². The molecule has 7 heteroatoms. The Morgan fingerprint density at radius 2 is 1.96 bits per heavy atom. The van der Waals surface area contributed by atoms with E-state index in [1.54, 1.807) is 7.11 Å². The minimum Gasteiger partial charge on any atom is -0.497 e. The monoisotopic (exact) mass is 347 g/mol. The van der Waals surface area contributed by atoms with Crippen LogP contribution in [0.25, 0.3) is 22.6 Å². The molecule has 0 aliphatic carbocycles. The van der Waals surface area contributed by atoms with Gasteiger partial charge in [-0.15, -0.1) is 0 Å². The van der Waals surface area contributed by atoms with E-state index in [4.69, 9.17) is 4.74 Å². The topological polar surface area (TPSA) is 95.7 Å². The zero-order valence-electron chi connectivity index (χ0n) is 14.1. The predicted octanol–water partition coefficient (Wildman–Crippen LogP) is 2.89. The fourth-order valence-corrected chi connectivity index (χ4v) is 2.73. The minimum atomic E-state index is -0.242. The molecule has 2 aromatic heterocycles. The number of imidazole rings is 2. The van der Waals surface area contributed by atoms with Crippen molar-refractivity contribution in [1.29, 1.82) is 0 Å². The number of ether oxygens (including phenoxy) is 1. The number of carbonyl (C=O) groups excluding carboxylic acids is 1. The molecule has 4 aromatic rings. The minimum absolute atomic E-state index is 0.242. The third-order valence-corrected chi connectivity index (χ3v) is 4.09. The molecule has 0 aliphatic rings. The van der Waals surface area contributed by atoms with Crippen LogP contribution in [0.1, 0.15) is 16.1 Å². The molecule has 7 nitrogen and oxygen atoms in total. The molecule has 26 heavy (non-hydrogen) atoms. The third-order valence-electron chi connectivity index (χ3n) is 4.09. The van der Waals surface area contributed by atoms with Gasteiger partial charge in [0.15, 0.2) is 5.82 Å². The first kappa shape index (κ1) is 15.9. The number of nitrogens with zero attached hydrogens (tertiary/aromatic N) is 2. The predicted molar refractivity (Wildman–Crippen MR) is 97.8 cm³/mol. The lowest BCUT2D eigenvalue weighted by Crippen LogP contribution is -2.23. The van der Waals surface area contributed by atoms with Gasteiger partial charge in [0.1, 0.15) is 17.1 Å². The number of aromatic amines is 2. The van der Waals surface area contributed by atoms with Crippen molar-refractivity contribution in [1.82, 2.24) is 25.3 Å². The van der Waals surface area contributed by atoms with Crippen molar-refractivity contribution >= 4 is 16.9 Å². The van der Waals surface area contributed by atoms with E-state index in [-0.39, 0.29) is 5.91 Å². The smallest absolute Gasteiger partial charge is 0.270 e. The molecule has 0 spiro atoms. The number of fused-ring (bicyclic) bond motifs is 1. The van der Waals surface area contributed by atoms with Crippen molar-refractivity contribution in [3.63, 3.8) is 0 Å². The second-order valence-corrected chi connectivity index (χ2v) is 5.76. The largest absolute Gasteiger partial charge is 0.497 e. The van der Waals surface area contributed by atoms with E-state index in [9.17, 15) is 4.79 Å². The second-order valence-electron chi connectivity index (χ2n) is 5.76. The van der Waals surface area contributed by atoms with Gasteiger partial charge < -0.3 is 20.0 Å². The Balaban J connectivity index is 1.52. The maximum atomic E-state index is 12.6. The summed E-state index contributed by atoms with van der Waals surface area (Å²) in [5, 5.41) is 2.89. The molecular weight excluding hydrogens is 330 g/mol. The fourth-order valence-electron chi connectivity index (χ4n) is 2.73. The van der Waals surface area contributed by atoms with Crippen molar-refractivity contribution in [3.8, 4) is 17.3 Å². The van der Waals surface area contributed by atoms with E-state index in [1.165, 1.54) is 6.33 Å². The number of carbonyl (C=O) groups is 1. The summed E-state index contributed by atoms with van der Waals surface area (Å²) in [4.78, 5) is 27.4. The third kappa shape index (κ3) is 3.02. The Morgan fingerprint density at radius 1 is 1.15 bits per heavy atom. The number of nitrogens with one attached hydrogen (secondary N) is 3. The Morgan fingerprint density at radius 3 is 2.73 bits per heavy atom. The summed E-state index contributed by atoms with van der Waals surface area (Å²) in [6, 6.07) is 15.2. The van der Waals surface area contributed by atoms with E-state index in [1.807, 2.05) is 48.5 Å². The van der Waals surface area contributed by atoms with Gasteiger partial charge in [-0.3, -0.25) is 4.79 Å². The van der Waals surface area contributed by atoms with Gasteiger partial charge in [-0.25, -0.2) is 9.97 Å². The zero-order chi connectivity index (χ0) is 17.9. The molecular formula is C19H17N5O2. The highest BCUT2D eigenvalue weighted by Gasteiger charge is 2.18. The number of methoxy groups -OCH3 is 1. The molecule has 0 fully saturated rings. The van der Waals surface area contributed by atoms with Crippen LogP contribution in [-0.2, 0) is 6.54 Å². The molecule has 0 radical (unpaired) electrons. The number of hydrogen-bond donors (Lipinski definition) is 3. The lowest BCUT2D eigenvalue weighted by Gasteiger charge is -2.06. The number of aromatic nitrogens is 4. The second kappa shape index (κ2) is 6.72. The molecule has 0 unspecified atom stereocenters. The Kier molecular flexibility index (Phi) is 4.10. The van der Waals surface area contributed by atoms with Crippen LogP contribution in [0.3, 0.4) is 0 Å². The highest BCUT2D eigenvalue weighted by Crippen LogP contribution is 2.21. The number of rotatable bonds is 5. The van der Waals surface area contributed by atoms with Gasteiger partial charge in [0.25, 0.3) is 5.91 Å². The molecule has 1 amide bonds. The first-order valence-electron chi connectivity index (χ1n) is 8.14. The van der Waals surface area contributed by atoms with Gasteiger partial charge in [-0.05, 0) is 29.8 Å². The summed E-state index contributed by atoms with van der Waals surface area (Å²) >= 11 is 0. The van der Waals surface area contributed by atoms with Crippen LogP contribution >= 0.6 is 0 Å². The first-order chi connectivity index (χ1) is 12.7. The van der Waals surface area contributed by atoms with E-state index in [2.05, 4.69) is 25.3 Å². The summed E-state index contributed by atoms with van der Waals surface area (Å²) in [7, 11) is 1.62. The van der Waals surface area contributed by atoms with E-state index in [0.29, 0.717) is 23.8 Å². The first-order valence-corrected chi connectivity index (χ1v) is 8.14. The van der Waals surface area contributed by atoms with Gasteiger partial charge in [0, 0.05) is 6.54 Å². The highest BCUT2D eigenvalue weighted by atomic mass is 16.5. The normalized spacial score (nSPS) is 10.8. The SMILES string of the molecule is COc1ccc(CNC(=O)c2[nH]cnc2-c2nc3ccccc3[nH]2)cc1. The Hall–Kier alpha value is -3.61. The Labute approximate surface area is 149 Å². The number of H-pyrrole nitrogens is 2. The van der Waals surface area contributed by atoms with Crippen LogP contribution in [0.15, 0.2) is 54.9 Å². The average Bonchev–Trinajstić information content (AvgIpc) is 3.32. The van der Waals surface area contributed by atoms with Crippen molar-refractivity contribution < 1.29 is 9.53 Å². The maximum Gasteiger partial charge on any atom is 0.270 e. The van der Waals surface area contributed by atoms with Gasteiger partial charge in [0.05, 0.1) is 24.5 Å². The van der Waals surface area contributed by atoms with Crippen molar-refractivity contribution in [2.75, 3.05) is 7.11 Å². The van der Waals surface area contributed by atoms with Gasteiger partial charge >= 0.3 is 0 Å². The standard InChI is InChI=1S/C19H17N5O2/c1-26-13-8-6-12(7-9-13)10-20-19(25)17-16(21-11-22-17)18-23-14-4-2-3-5-15(14)24-18/h2-9,11H,10H2,1H3,(H,20,25)(H,21,22)(H,23,24). The van der Waals surface area contributed by atoms with Crippen molar-refractivity contribution in [2.45, 2.75) is 6.54 Å². The lowest BCUT2D eigenvalue weighted by atomic mass is 10.2. The highest BCUT2D eigenvalue weighted by molar-refractivity contribution is 5.98. The molecule has 0 aliphatic heterocycles. The van der Waals surface area contributed by atoms with Crippen LogP contribution in [0, 0.1) is 0 Å². The van der Waals surface area contributed by atoms with Crippen LogP contribution in [-0.4, -0.2) is 33.0 Å².